The van der Waals surface area contributed by atoms with Crippen molar-refractivity contribution in [2.45, 2.75) is 26.4 Å². The van der Waals surface area contributed by atoms with Crippen LogP contribution in [0, 0.1) is 10.1 Å². The molecule has 0 spiro atoms. The van der Waals surface area contributed by atoms with Crippen molar-refractivity contribution in [1.29, 1.82) is 0 Å². The first kappa shape index (κ1) is 18.3. The number of anilines is 1. The van der Waals surface area contributed by atoms with E-state index in [-0.39, 0.29) is 28.9 Å². The number of amides is 1. The van der Waals surface area contributed by atoms with Crippen LogP contribution >= 0.6 is 23.2 Å². The normalized spacial score (nSPS) is 11.0. The first-order valence-corrected chi connectivity index (χ1v) is 7.08. The molecular formula is C13H16Cl2N2O5. The second kappa shape index (κ2) is 7.51. The van der Waals surface area contributed by atoms with Gasteiger partial charge in [-0.2, -0.15) is 0 Å². The summed E-state index contributed by atoms with van der Waals surface area (Å²) in [5, 5.41) is 13.0. The number of ether oxygens (including phenoxy) is 2. The Hall–Kier alpha value is -1.73. The van der Waals surface area contributed by atoms with E-state index in [0.717, 1.165) is 0 Å². The molecule has 1 aromatic carbocycles. The van der Waals surface area contributed by atoms with E-state index in [1.165, 1.54) is 12.1 Å². The summed E-state index contributed by atoms with van der Waals surface area (Å²) >= 11 is 12.0. The van der Waals surface area contributed by atoms with Crippen LogP contribution < -0.4 is 10.1 Å². The molecule has 0 aliphatic carbocycles. The van der Waals surface area contributed by atoms with Gasteiger partial charge in [0, 0.05) is 10.6 Å². The second-order valence-corrected chi connectivity index (χ2v) is 6.12. The molecule has 0 aliphatic heterocycles. The molecule has 22 heavy (non-hydrogen) atoms. The molecule has 0 radical (unpaired) electrons. The molecule has 1 amide bonds. The van der Waals surface area contributed by atoms with Crippen molar-refractivity contribution in [3.8, 4) is 5.75 Å². The number of benzene rings is 1. The van der Waals surface area contributed by atoms with Crippen LogP contribution in [0.2, 0.25) is 10.0 Å². The summed E-state index contributed by atoms with van der Waals surface area (Å²) in [6.45, 7) is 4.67. The SMILES string of the molecule is CC(C)(C)OC(=O)Nc1cc(Cl)c(OCC[N+](=O)[O-])c(Cl)c1. The Morgan fingerprint density at radius 1 is 1.32 bits per heavy atom. The van der Waals surface area contributed by atoms with E-state index >= 15 is 0 Å². The van der Waals surface area contributed by atoms with E-state index in [4.69, 9.17) is 32.7 Å². The Labute approximate surface area is 137 Å². The molecule has 0 saturated carbocycles. The lowest BCUT2D eigenvalue weighted by molar-refractivity contribution is -0.481. The van der Waals surface area contributed by atoms with Crippen molar-refractivity contribution in [3.05, 3.63) is 32.3 Å². The molecule has 1 aromatic rings. The molecule has 0 unspecified atom stereocenters. The van der Waals surface area contributed by atoms with Crippen LogP contribution in [0.25, 0.3) is 0 Å². The first-order valence-electron chi connectivity index (χ1n) is 6.32. The van der Waals surface area contributed by atoms with Gasteiger partial charge in [-0.05, 0) is 32.9 Å². The van der Waals surface area contributed by atoms with E-state index < -0.39 is 16.6 Å². The third-order valence-corrected chi connectivity index (χ3v) is 2.73. The number of rotatable bonds is 5. The predicted octanol–water partition coefficient (Wildman–Crippen LogP) is 4.00. The Balaban J connectivity index is 2.76. The number of hydrogen-bond acceptors (Lipinski definition) is 5. The summed E-state index contributed by atoms with van der Waals surface area (Å²) < 4.78 is 10.3. The highest BCUT2D eigenvalue weighted by molar-refractivity contribution is 6.37. The highest BCUT2D eigenvalue weighted by atomic mass is 35.5. The zero-order chi connectivity index (χ0) is 16.9. The zero-order valence-electron chi connectivity index (χ0n) is 12.3. The van der Waals surface area contributed by atoms with Crippen molar-refractivity contribution < 1.29 is 19.2 Å². The summed E-state index contributed by atoms with van der Waals surface area (Å²) in [5.74, 6) is 0.125. The smallest absolute Gasteiger partial charge is 0.412 e. The molecule has 0 aliphatic rings. The van der Waals surface area contributed by atoms with E-state index in [1.807, 2.05) is 0 Å². The van der Waals surface area contributed by atoms with Crippen LogP contribution in [0.4, 0.5) is 10.5 Å². The van der Waals surface area contributed by atoms with E-state index in [2.05, 4.69) is 5.32 Å². The first-order chi connectivity index (χ1) is 10.1. The zero-order valence-corrected chi connectivity index (χ0v) is 13.8. The molecule has 0 atom stereocenters. The van der Waals surface area contributed by atoms with Gasteiger partial charge in [-0.15, -0.1) is 0 Å². The lowest BCUT2D eigenvalue weighted by Crippen LogP contribution is -2.27. The third-order valence-electron chi connectivity index (χ3n) is 2.16. The highest BCUT2D eigenvalue weighted by Crippen LogP contribution is 2.36. The quantitative estimate of drug-likeness (QED) is 0.640. The number of hydrogen-bond donors (Lipinski definition) is 1. The topological polar surface area (TPSA) is 90.7 Å². The van der Waals surface area contributed by atoms with Crippen LogP contribution in [0.15, 0.2) is 12.1 Å². The molecular weight excluding hydrogens is 335 g/mol. The molecule has 0 aromatic heterocycles. The Morgan fingerprint density at radius 3 is 2.32 bits per heavy atom. The van der Waals surface area contributed by atoms with Crippen LogP contribution in [0.3, 0.4) is 0 Å². The minimum atomic E-state index is -0.651. The van der Waals surface area contributed by atoms with Gasteiger partial charge in [0.1, 0.15) is 5.60 Å². The Kier molecular flexibility index (Phi) is 6.25. The number of nitrogens with zero attached hydrogens (tertiary/aromatic N) is 1. The van der Waals surface area contributed by atoms with Crippen LogP contribution in [0.1, 0.15) is 20.8 Å². The molecule has 1 rings (SSSR count). The van der Waals surface area contributed by atoms with Crippen molar-refractivity contribution in [2.24, 2.45) is 0 Å². The van der Waals surface area contributed by atoms with Crippen LogP contribution in [-0.4, -0.2) is 29.8 Å². The summed E-state index contributed by atoms with van der Waals surface area (Å²) in [5.41, 5.74) is -0.311. The standard InChI is InChI=1S/C13H16Cl2N2O5/c1-13(2,3)22-12(18)16-8-6-9(14)11(10(15)7-8)21-5-4-17(19)20/h6-7H,4-5H2,1-3H3,(H,16,18). The van der Waals surface area contributed by atoms with Gasteiger partial charge in [0.15, 0.2) is 12.4 Å². The summed E-state index contributed by atoms with van der Waals surface area (Å²) in [4.78, 5) is 21.4. The summed E-state index contributed by atoms with van der Waals surface area (Å²) in [6.07, 6.45) is -0.651. The Bertz CT molecular complexity index is 549. The highest BCUT2D eigenvalue weighted by Gasteiger charge is 2.17. The second-order valence-electron chi connectivity index (χ2n) is 5.30. The molecule has 7 nitrogen and oxygen atoms in total. The summed E-state index contributed by atoms with van der Waals surface area (Å²) in [7, 11) is 0. The van der Waals surface area contributed by atoms with E-state index in [9.17, 15) is 14.9 Å². The average Bonchev–Trinajstić information content (AvgIpc) is 2.29. The van der Waals surface area contributed by atoms with Gasteiger partial charge in [0.2, 0.25) is 6.54 Å². The van der Waals surface area contributed by atoms with Crippen LogP contribution in [0.5, 0.6) is 5.75 Å². The molecule has 0 saturated heterocycles. The maximum absolute atomic E-state index is 11.7. The Morgan fingerprint density at radius 2 is 1.86 bits per heavy atom. The average molecular weight is 351 g/mol. The van der Waals surface area contributed by atoms with Crippen molar-refractivity contribution >= 4 is 35.0 Å². The number of carbonyl (C=O) groups is 1. The monoisotopic (exact) mass is 350 g/mol. The minimum Gasteiger partial charge on any atom is -0.484 e. The number of nitro groups is 1. The van der Waals surface area contributed by atoms with Gasteiger partial charge in [-0.25, -0.2) is 4.79 Å². The van der Waals surface area contributed by atoms with Gasteiger partial charge in [-0.1, -0.05) is 23.2 Å². The fraction of sp³-hybridized carbons (Fsp3) is 0.462. The van der Waals surface area contributed by atoms with Crippen molar-refractivity contribution in [1.82, 2.24) is 0 Å². The maximum atomic E-state index is 11.7. The van der Waals surface area contributed by atoms with E-state index in [0.29, 0.717) is 5.69 Å². The summed E-state index contributed by atoms with van der Waals surface area (Å²) in [6, 6.07) is 2.83. The largest absolute Gasteiger partial charge is 0.484 e. The minimum absolute atomic E-state index is 0.125. The predicted molar refractivity (Wildman–Crippen MR) is 83.7 cm³/mol. The number of nitrogens with one attached hydrogen (secondary N) is 1. The molecule has 0 bridgehead atoms. The molecule has 0 fully saturated rings. The fourth-order valence-corrected chi connectivity index (χ4v) is 2.01. The van der Waals surface area contributed by atoms with Crippen LogP contribution in [-0.2, 0) is 4.74 Å². The van der Waals surface area contributed by atoms with Crippen molar-refractivity contribution in [2.75, 3.05) is 18.5 Å². The lowest BCUT2D eigenvalue weighted by Gasteiger charge is -2.20. The molecule has 1 N–H and O–H groups in total. The molecule has 122 valence electrons. The molecule has 0 heterocycles. The fourth-order valence-electron chi connectivity index (χ4n) is 1.41. The van der Waals surface area contributed by atoms with Gasteiger partial charge in [0.25, 0.3) is 0 Å². The molecule has 9 heteroatoms. The van der Waals surface area contributed by atoms with Gasteiger partial charge >= 0.3 is 6.09 Å². The third kappa shape index (κ3) is 6.36. The maximum Gasteiger partial charge on any atom is 0.412 e. The number of carbonyl (C=O) groups excluding carboxylic acids is 1. The van der Waals surface area contributed by atoms with Gasteiger partial charge < -0.3 is 9.47 Å². The number of halogens is 2. The van der Waals surface area contributed by atoms with Gasteiger partial charge in [-0.3, -0.25) is 15.4 Å². The lowest BCUT2D eigenvalue weighted by atomic mass is 10.2. The van der Waals surface area contributed by atoms with E-state index in [1.54, 1.807) is 20.8 Å². The van der Waals surface area contributed by atoms with Gasteiger partial charge in [0.05, 0.1) is 10.0 Å². The van der Waals surface area contributed by atoms with Crippen molar-refractivity contribution in [3.63, 3.8) is 0 Å².